The Morgan fingerprint density at radius 1 is 1.24 bits per heavy atom. The van der Waals surface area contributed by atoms with Crippen molar-refractivity contribution in [3.8, 4) is 5.82 Å². The van der Waals surface area contributed by atoms with Crippen LogP contribution in [0.15, 0.2) is 48.0 Å². The van der Waals surface area contributed by atoms with Gasteiger partial charge in [-0.3, -0.25) is 14.4 Å². The van der Waals surface area contributed by atoms with E-state index in [-0.39, 0.29) is 4.90 Å². The molecule has 0 saturated heterocycles. The van der Waals surface area contributed by atoms with Gasteiger partial charge in [-0.05, 0) is 19.1 Å². The van der Waals surface area contributed by atoms with Gasteiger partial charge >= 0.3 is 0 Å². The molecule has 3 aromatic rings. The van der Waals surface area contributed by atoms with Gasteiger partial charge in [0.1, 0.15) is 16.5 Å². The Kier molecular flexibility index (Phi) is 3.18. The van der Waals surface area contributed by atoms with Gasteiger partial charge in [-0.1, -0.05) is 0 Å². The highest BCUT2D eigenvalue weighted by molar-refractivity contribution is 7.92. The predicted octanol–water partition coefficient (Wildman–Crippen LogP) is 1.10. The number of aromatic amines is 1. The first kappa shape index (κ1) is 13.3. The summed E-state index contributed by atoms with van der Waals surface area (Å²) in [5, 5.41) is 6.08. The lowest BCUT2D eigenvalue weighted by molar-refractivity contribution is 0.601. The third kappa shape index (κ3) is 2.63. The minimum atomic E-state index is -3.65. The van der Waals surface area contributed by atoms with E-state index in [9.17, 15) is 8.42 Å². The van der Waals surface area contributed by atoms with Crippen LogP contribution >= 0.6 is 0 Å². The van der Waals surface area contributed by atoms with Crippen molar-refractivity contribution in [2.75, 3.05) is 4.72 Å². The quantitative estimate of drug-likeness (QED) is 0.751. The molecule has 0 fully saturated rings. The molecule has 3 rings (SSSR count). The van der Waals surface area contributed by atoms with Crippen LogP contribution in [0.2, 0.25) is 0 Å². The van der Waals surface area contributed by atoms with Crippen LogP contribution in [0, 0.1) is 6.92 Å². The van der Waals surface area contributed by atoms with Crippen molar-refractivity contribution in [3.63, 3.8) is 0 Å². The largest absolute Gasteiger partial charge is 0.288 e. The van der Waals surface area contributed by atoms with Crippen molar-refractivity contribution in [2.24, 2.45) is 0 Å². The maximum atomic E-state index is 12.0. The normalized spacial score (nSPS) is 11.5. The number of nitrogens with zero attached hydrogens (tertiary/aromatic N) is 4. The summed E-state index contributed by atoms with van der Waals surface area (Å²) in [5.41, 5.74) is 0.373. The summed E-state index contributed by atoms with van der Waals surface area (Å²) in [4.78, 5) is 8.40. The number of hydrogen-bond donors (Lipinski definition) is 2. The molecule has 3 heterocycles. The molecule has 0 amide bonds. The highest BCUT2D eigenvalue weighted by atomic mass is 32.2. The van der Waals surface area contributed by atoms with Crippen LogP contribution in [-0.4, -0.2) is 33.2 Å². The standard InChI is InChI=1S/C12H12N6O2S/c1-9-13-4-5-18(9)12-3-2-10(6-14-12)17-21(19,20)11-7-15-16-8-11/h2-8,17H,1H3,(H,15,16). The highest BCUT2D eigenvalue weighted by Gasteiger charge is 2.15. The number of pyridine rings is 1. The minimum absolute atomic E-state index is 0.0667. The molecular formula is C12H12N6O2S. The average Bonchev–Trinajstić information content (AvgIpc) is 3.10. The molecule has 21 heavy (non-hydrogen) atoms. The van der Waals surface area contributed by atoms with Crippen LogP contribution in [0.3, 0.4) is 0 Å². The van der Waals surface area contributed by atoms with Gasteiger partial charge in [0.2, 0.25) is 0 Å². The maximum absolute atomic E-state index is 12.0. The first-order valence-electron chi connectivity index (χ1n) is 6.04. The van der Waals surface area contributed by atoms with Crippen LogP contribution in [0.25, 0.3) is 5.82 Å². The lowest BCUT2D eigenvalue weighted by Gasteiger charge is -2.07. The molecule has 0 saturated carbocycles. The van der Waals surface area contributed by atoms with Gasteiger partial charge in [-0.2, -0.15) is 5.10 Å². The number of aryl methyl sites for hydroxylation is 1. The van der Waals surface area contributed by atoms with Crippen LogP contribution in [-0.2, 0) is 10.0 Å². The molecule has 0 unspecified atom stereocenters. The molecule has 0 aliphatic heterocycles. The molecule has 0 radical (unpaired) electrons. The second-order valence-electron chi connectivity index (χ2n) is 4.29. The van der Waals surface area contributed by atoms with E-state index in [0.717, 1.165) is 5.82 Å². The van der Waals surface area contributed by atoms with E-state index in [1.165, 1.54) is 18.6 Å². The lowest BCUT2D eigenvalue weighted by atomic mass is 10.4. The van der Waals surface area contributed by atoms with Gasteiger partial charge in [0.25, 0.3) is 10.0 Å². The van der Waals surface area contributed by atoms with Gasteiger partial charge < -0.3 is 0 Å². The summed E-state index contributed by atoms with van der Waals surface area (Å²) in [5.74, 6) is 1.46. The number of anilines is 1. The Labute approximate surface area is 120 Å². The monoisotopic (exact) mass is 304 g/mol. The Morgan fingerprint density at radius 2 is 2.10 bits per heavy atom. The van der Waals surface area contributed by atoms with E-state index in [1.54, 1.807) is 29.1 Å². The van der Waals surface area contributed by atoms with E-state index in [2.05, 4.69) is 24.9 Å². The van der Waals surface area contributed by atoms with E-state index in [1.807, 2.05) is 6.92 Å². The third-order valence-corrected chi connectivity index (χ3v) is 4.20. The zero-order chi connectivity index (χ0) is 14.9. The minimum Gasteiger partial charge on any atom is -0.288 e. The lowest BCUT2D eigenvalue weighted by Crippen LogP contribution is -2.12. The summed E-state index contributed by atoms with van der Waals surface area (Å²) in [6, 6.07) is 3.35. The van der Waals surface area contributed by atoms with Gasteiger partial charge in [0.05, 0.1) is 18.1 Å². The zero-order valence-corrected chi connectivity index (χ0v) is 11.9. The number of nitrogens with one attached hydrogen (secondary N) is 2. The maximum Gasteiger partial charge on any atom is 0.265 e. The molecule has 2 N–H and O–H groups in total. The van der Waals surface area contributed by atoms with Crippen molar-refractivity contribution in [3.05, 3.63) is 48.9 Å². The summed E-state index contributed by atoms with van der Waals surface area (Å²) >= 11 is 0. The van der Waals surface area contributed by atoms with Crippen LogP contribution in [0.5, 0.6) is 0 Å². The van der Waals surface area contributed by atoms with Crippen molar-refractivity contribution in [2.45, 2.75) is 11.8 Å². The molecule has 3 aromatic heterocycles. The van der Waals surface area contributed by atoms with Gasteiger partial charge in [-0.15, -0.1) is 0 Å². The van der Waals surface area contributed by atoms with Crippen LogP contribution in [0.1, 0.15) is 5.82 Å². The van der Waals surface area contributed by atoms with Crippen molar-refractivity contribution >= 4 is 15.7 Å². The fraction of sp³-hybridized carbons (Fsp3) is 0.0833. The molecule has 9 heteroatoms. The molecule has 0 aromatic carbocycles. The fourth-order valence-electron chi connectivity index (χ4n) is 1.81. The van der Waals surface area contributed by atoms with E-state index in [0.29, 0.717) is 11.5 Å². The average molecular weight is 304 g/mol. The smallest absolute Gasteiger partial charge is 0.265 e. The van der Waals surface area contributed by atoms with E-state index in [4.69, 9.17) is 0 Å². The highest BCUT2D eigenvalue weighted by Crippen LogP contribution is 2.15. The van der Waals surface area contributed by atoms with Crippen molar-refractivity contribution in [1.29, 1.82) is 0 Å². The Balaban J connectivity index is 1.84. The number of hydrogen-bond acceptors (Lipinski definition) is 5. The van der Waals surface area contributed by atoms with Crippen molar-refractivity contribution in [1.82, 2.24) is 24.7 Å². The third-order valence-electron chi connectivity index (χ3n) is 2.86. The van der Waals surface area contributed by atoms with Gasteiger partial charge in [-0.25, -0.2) is 18.4 Å². The summed E-state index contributed by atoms with van der Waals surface area (Å²) < 4.78 is 28.3. The molecule has 0 aliphatic rings. The Bertz CT molecular complexity index is 836. The number of aromatic nitrogens is 5. The van der Waals surface area contributed by atoms with E-state index < -0.39 is 10.0 Å². The second kappa shape index (κ2) is 5.02. The molecule has 0 aliphatic carbocycles. The molecule has 0 atom stereocenters. The summed E-state index contributed by atoms with van der Waals surface area (Å²) in [7, 11) is -3.65. The molecular weight excluding hydrogens is 292 g/mol. The first-order valence-corrected chi connectivity index (χ1v) is 7.52. The van der Waals surface area contributed by atoms with Gasteiger partial charge in [0.15, 0.2) is 0 Å². The van der Waals surface area contributed by atoms with E-state index >= 15 is 0 Å². The molecule has 108 valence electrons. The number of H-pyrrole nitrogens is 1. The Hall–Kier alpha value is -2.68. The molecule has 0 bridgehead atoms. The predicted molar refractivity (Wildman–Crippen MR) is 75.5 cm³/mol. The van der Waals surface area contributed by atoms with Gasteiger partial charge in [0, 0.05) is 18.6 Å². The zero-order valence-electron chi connectivity index (χ0n) is 11.1. The van der Waals surface area contributed by atoms with Crippen LogP contribution in [0.4, 0.5) is 5.69 Å². The fourth-order valence-corrected chi connectivity index (χ4v) is 2.76. The SMILES string of the molecule is Cc1nccn1-c1ccc(NS(=O)(=O)c2cn[nH]c2)cn1. The number of imidazole rings is 1. The summed E-state index contributed by atoms with van der Waals surface area (Å²) in [6.45, 7) is 1.86. The van der Waals surface area contributed by atoms with Crippen molar-refractivity contribution < 1.29 is 8.42 Å². The summed E-state index contributed by atoms with van der Waals surface area (Å²) in [6.07, 6.45) is 7.45. The molecule has 8 nitrogen and oxygen atoms in total. The number of sulfonamides is 1. The first-order chi connectivity index (χ1) is 10.1. The van der Waals surface area contributed by atoms with Crippen LogP contribution < -0.4 is 4.72 Å². The number of rotatable bonds is 4. The molecule has 0 spiro atoms. The second-order valence-corrected chi connectivity index (χ2v) is 5.97. The topological polar surface area (TPSA) is 106 Å². The Morgan fingerprint density at radius 3 is 2.67 bits per heavy atom.